The van der Waals surface area contributed by atoms with Gasteiger partial charge in [0, 0.05) is 38.2 Å². The number of nitriles is 1. The van der Waals surface area contributed by atoms with Crippen molar-refractivity contribution in [2.24, 2.45) is 0 Å². The molecule has 0 radical (unpaired) electrons. The molecule has 68 heavy (non-hydrogen) atoms. The van der Waals surface area contributed by atoms with Gasteiger partial charge in [-0.1, -0.05) is 157 Å². The highest BCUT2D eigenvalue weighted by molar-refractivity contribution is 6.13. The number of rotatable bonds is 7. The van der Waals surface area contributed by atoms with E-state index in [1.54, 1.807) is 0 Å². The normalized spacial score (nSPS) is 11.5. The molecule has 0 saturated heterocycles. The van der Waals surface area contributed by atoms with Crippen molar-refractivity contribution < 1.29 is 0 Å². The van der Waals surface area contributed by atoms with Gasteiger partial charge >= 0.3 is 0 Å². The van der Waals surface area contributed by atoms with Crippen LogP contribution in [0, 0.1) is 39.0 Å². The lowest BCUT2D eigenvalue weighted by molar-refractivity contribution is 1.11. The smallest absolute Gasteiger partial charge is 0.160 e. The molecule has 0 N–H and O–H groups in total. The van der Waals surface area contributed by atoms with Gasteiger partial charge < -0.3 is 9.13 Å². The highest BCUT2D eigenvalue weighted by atomic mass is 15.0. The zero-order chi connectivity index (χ0) is 46.0. The fourth-order valence-electron chi connectivity index (χ4n) is 10.4. The molecule has 3 aromatic heterocycles. The second kappa shape index (κ2) is 16.2. The maximum Gasteiger partial charge on any atom is 0.160 e. The van der Waals surface area contributed by atoms with Crippen molar-refractivity contribution in [3.63, 3.8) is 0 Å². The van der Waals surface area contributed by atoms with E-state index >= 15 is 0 Å². The molecule has 12 aromatic rings. The van der Waals surface area contributed by atoms with Gasteiger partial charge in [0.25, 0.3) is 0 Å². The summed E-state index contributed by atoms with van der Waals surface area (Å²) in [4.78, 5) is 10.8. The quantitative estimate of drug-likeness (QED) is 0.160. The molecule has 0 saturated carbocycles. The van der Waals surface area contributed by atoms with Crippen LogP contribution in [0.3, 0.4) is 0 Å². The third-order valence-corrected chi connectivity index (χ3v) is 13.5. The minimum absolute atomic E-state index is 0.537. The summed E-state index contributed by atoms with van der Waals surface area (Å²) < 4.78 is 4.68. The van der Waals surface area contributed by atoms with E-state index in [0.29, 0.717) is 11.4 Å². The van der Waals surface area contributed by atoms with Crippen LogP contribution in [0.2, 0.25) is 0 Å². The Morgan fingerprint density at radius 3 is 1.34 bits per heavy atom. The maximum absolute atomic E-state index is 11.1. The van der Waals surface area contributed by atoms with Crippen molar-refractivity contribution >= 4 is 43.6 Å². The van der Waals surface area contributed by atoms with Gasteiger partial charge in [-0.05, 0) is 116 Å². The topological polar surface area (TPSA) is 59.4 Å². The number of aryl methyl sites for hydroxylation is 4. The second-order valence-electron chi connectivity index (χ2n) is 18.0. The Balaban J connectivity index is 1.22. The number of nitrogens with zero attached hydrogens (tertiary/aromatic N) is 5. The first-order valence-corrected chi connectivity index (χ1v) is 23.1. The number of hydrogen-bond donors (Lipinski definition) is 0. The van der Waals surface area contributed by atoms with Crippen molar-refractivity contribution in [1.29, 1.82) is 5.26 Å². The first-order valence-electron chi connectivity index (χ1n) is 23.1. The minimum atomic E-state index is 0.537. The molecule has 0 amide bonds. The Morgan fingerprint density at radius 2 is 0.838 bits per heavy atom. The minimum Gasteiger partial charge on any atom is -0.308 e. The van der Waals surface area contributed by atoms with E-state index in [1.165, 1.54) is 33.4 Å². The van der Waals surface area contributed by atoms with Crippen LogP contribution >= 0.6 is 0 Å². The summed E-state index contributed by atoms with van der Waals surface area (Å²) in [7, 11) is 0. The monoisotopic (exact) mass is 871 g/mol. The number of fused-ring (bicyclic) bond motifs is 6. The third kappa shape index (κ3) is 6.77. The van der Waals surface area contributed by atoms with E-state index < -0.39 is 0 Å². The maximum atomic E-state index is 11.1. The van der Waals surface area contributed by atoms with Gasteiger partial charge in [0.05, 0.1) is 56.5 Å². The fraction of sp³-hybridized carbons (Fsp3) is 0.0635. The average molecular weight is 872 g/mol. The van der Waals surface area contributed by atoms with E-state index in [2.05, 4.69) is 195 Å². The Hall–Kier alpha value is -8.85. The van der Waals surface area contributed by atoms with E-state index in [9.17, 15) is 5.26 Å². The summed E-state index contributed by atoms with van der Waals surface area (Å²) in [5, 5.41) is 15.6. The molecule has 3 heterocycles. The van der Waals surface area contributed by atoms with Crippen molar-refractivity contribution in [2.45, 2.75) is 27.7 Å². The zero-order valence-electron chi connectivity index (χ0n) is 38.3. The molecule has 322 valence electrons. The predicted molar refractivity (Wildman–Crippen MR) is 282 cm³/mol. The average Bonchev–Trinajstić information content (AvgIpc) is 3.88. The van der Waals surface area contributed by atoms with Crippen LogP contribution in [-0.4, -0.2) is 19.1 Å². The van der Waals surface area contributed by atoms with Crippen LogP contribution in [-0.2, 0) is 0 Å². The van der Waals surface area contributed by atoms with Gasteiger partial charge in [0.2, 0.25) is 0 Å². The highest BCUT2D eigenvalue weighted by Gasteiger charge is 2.26. The molecule has 0 fully saturated rings. The predicted octanol–water partition coefficient (Wildman–Crippen LogP) is 16.1. The first-order chi connectivity index (χ1) is 33.3. The molecular formula is C63H45N5. The van der Waals surface area contributed by atoms with Crippen LogP contribution in [0.1, 0.15) is 27.8 Å². The van der Waals surface area contributed by atoms with Gasteiger partial charge in [0.15, 0.2) is 5.82 Å². The summed E-state index contributed by atoms with van der Waals surface area (Å²) >= 11 is 0. The van der Waals surface area contributed by atoms with Crippen LogP contribution in [0.5, 0.6) is 0 Å². The molecule has 0 unspecified atom stereocenters. The van der Waals surface area contributed by atoms with Gasteiger partial charge in [-0.3, -0.25) is 0 Å². The van der Waals surface area contributed by atoms with E-state index in [0.717, 1.165) is 94.2 Å². The number of hydrogen-bond acceptors (Lipinski definition) is 3. The van der Waals surface area contributed by atoms with E-state index in [4.69, 9.17) is 9.97 Å². The second-order valence-corrected chi connectivity index (χ2v) is 18.0. The van der Waals surface area contributed by atoms with E-state index in [1.807, 2.05) is 48.5 Å². The van der Waals surface area contributed by atoms with Crippen molar-refractivity contribution in [1.82, 2.24) is 19.1 Å². The van der Waals surface area contributed by atoms with Crippen molar-refractivity contribution in [3.05, 3.63) is 228 Å². The standard InChI is InChI=1S/C63H45N5/c1-39-23-27-48(41(3)31-39)46-25-29-58-52(35-46)50-19-11-13-21-56(50)67(58)60-33-43(38-64)34-61(62(60)55-37-54(44-15-7-5-8-16-44)65-63(66-55)45-17-9-6-10-18-45)68-57-22-14-12-20-51(57)53-36-47(26-30-59(53)68)49-28-24-40(2)32-42(49)4/h5-37H,1-4H3. The van der Waals surface area contributed by atoms with E-state index in [-0.39, 0.29) is 0 Å². The fourth-order valence-corrected chi connectivity index (χ4v) is 10.4. The lowest BCUT2D eigenvalue weighted by Gasteiger charge is -2.21. The third-order valence-electron chi connectivity index (χ3n) is 13.5. The summed E-state index contributed by atoms with van der Waals surface area (Å²) in [6.45, 7) is 8.65. The highest BCUT2D eigenvalue weighted by Crippen LogP contribution is 2.45. The molecule has 0 aliphatic carbocycles. The van der Waals surface area contributed by atoms with Crippen molar-refractivity contribution in [2.75, 3.05) is 0 Å². The summed E-state index contributed by atoms with van der Waals surface area (Å²) in [5.74, 6) is 0.615. The van der Waals surface area contributed by atoms with Gasteiger partial charge in [-0.15, -0.1) is 0 Å². The summed E-state index contributed by atoms with van der Waals surface area (Å²) in [6.07, 6.45) is 0. The Morgan fingerprint density at radius 1 is 0.382 bits per heavy atom. The number of aromatic nitrogens is 4. The lowest BCUT2D eigenvalue weighted by Crippen LogP contribution is -2.07. The molecule has 0 spiro atoms. The Kier molecular flexibility index (Phi) is 9.71. The van der Waals surface area contributed by atoms with Crippen LogP contribution in [0.15, 0.2) is 200 Å². The Labute approximate surface area is 395 Å². The molecule has 9 aromatic carbocycles. The Bertz CT molecular complexity index is 3770. The molecule has 0 bridgehead atoms. The SMILES string of the molecule is Cc1ccc(-c2ccc3c(c2)c2ccccc2n3-c2cc(C#N)cc(-n3c4ccccc4c4cc(-c5ccc(C)cc5C)ccc43)c2-c2cc(-c3ccccc3)nc(-c3ccccc3)n2)c(C)c1. The molecule has 5 nitrogen and oxygen atoms in total. The zero-order valence-corrected chi connectivity index (χ0v) is 38.3. The van der Waals surface area contributed by atoms with Crippen LogP contribution in [0.4, 0.5) is 0 Å². The summed E-state index contributed by atoms with van der Waals surface area (Å²) in [6, 6.07) is 73.5. The van der Waals surface area contributed by atoms with Crippen LogP contribution in [0.25, 0.3) is 111 Å². The molecular weight excluding hydrogens is 827 g/mol. The largest absolute Gasteiger partial charge is 0.308 e. The molecule has 12 rings (SSSR count). The lowest BCUT2D eigenvalue weighted by atomic mass is 9.97. The van der Waals surface area contributed by atoms with Gasteiger partial charge in [-0.25, -0.2) is 9.97 Å². The number of para-hydroxylation sites is 2. The molecule has 0 aliphatic rings. The molecule has 0 atom stereocenters. The first kappa shape index (κ1) is 40.6. The number of benzene rings is 9. The summed E-state index contributed by atoms with van der Waals surface area (Å²) in [5.41, 5.74) is 20.4. The van der Waals surface area contributed by atoms with Gasteiger partial charge in [-0.2, -0.15) is 5.26 Å². The molecule has 0 aliphatic heterocycles. The van der Waals surface area contributed by atoms with Gasteiger partial charge in [0.1, 0.15) is 0 Å². The molecule has 5 heteroatoms. The van der Waals surface area contributed by atoms with Crippen LogP contribution < -0.4 is 0 Å². The van der Waals surface area contributed by atoms with Crippen molar-refractivity contribution in [3.8, 4) is 73.6 Å².